The van der Waals surface area contributed by atoms with Crippen molar-refractivity contribution in [3.8, 4) is 5.75 Å². The van der Waals surface area contributed by atoms with Gasteiger partial charge in [-0.05, 0) is 43.2 Å². The van der Waals surface area contributed by atoms with Crippen LogP contribution in [0.2, 0.25) is 0 Å². The first-order valence-electron chi connectivity index (χ1n) is 9.00. The highest BCUT2D eigenvalue weighted by molar-refractivity contribution is 5.81. The molecule has 1 heterocycles. The standard InChI is InChI=1S/C20H20N6O4/c1-13-8-9-14(2)16(10-13)23-19-18(26(28)29)20(22-12-21-19)25-24-17(27)11-30-15-6-4-3-5-7-15/h3-10,12H,11H2,1-2H3,(H,24,27)(H2,21,22,23,25). The minimum atomic E-state index is -0.623. The van der Waals surface area contributed by atoms with Gasteiger partial charge in [-0.1, -0.05) is 30.3 Å². The number of benzene rings is 2. The number of nitrogens with zero attached hydrogens (tertiary/aromatic N) is 3. The third kappa shape index (κ3) is 5.19. The van der Waals surface area contributed by atoms with Crippen LogP contribution in [0.3, 0.4) is 0 Å². The molecule has 0 radical (unpaired) electrons. The molecule has 0 unspecified atom stereocenters. The molecule has 10 nitrogen and oxygen atoms in total. The topological polar surface area (TPSA) is 131 Å². The molecule has 3 rings (SSSR count). The number of ether oxygens (including phenoxy) is 1. The minimum absolute atomic E-state index is 0.000912. The zero-order chi connectivity index (χ0) is 21.5. The molecule has 3 N–H and O–H groups in total. The Balaban J connectivity index is 1.72. The van der Waals surface area contributed by atoms with Gasteiger partial charge in [0.15, 0.2) is 6.61 Å². The van der Waals surface area contributed by atoms with Gasteiger partial charge in [0.05, 0.1) is 4.92 Å². The predicted molar refractivity (Wildman–Crippen MR) is 112 cm³/mol. The summed E-state index contributed by atoms with van der Waals surface area (Å²) in [6.45, 7) is 3.52. The molecule has 1 aromatic heterocycles. The molecule has 0 fully saturated rings. The number of para-hydroxylation sites is 1. The van der Waals surface area contributed by atoms with E-state index < -0.39 is 16.5 Å². The summed E-state index contributed by atoms with van der Waals surface area (Å²) in [6.07, 6.45) is 1.16. The van der Waals surface area contributed by atoms with Gasteiger partial charge in [-0.25, -0.2) is 9.97 Å². The number of aryl methyl sites for hydroxylation is 2. The summed E-state index contributed by atoms with van der Waals surface area (Å²) in [6, 6.07) is 14.5. The van der Waals surface area contributed by atoms with E-state index in [1.54, 1.807) is 24.3 Å². The number of carbonyl (C=O) groups is 1. The van der Waals surface area contributed by atoms with Crippen molar-refractivity contribution in [2.24, 2.45) is 0 Å². The first-order valence-corrected chi connectivity index (χ1v) is 9.00. The Hall–Kier alpha value is -4.21. The number of nitrogens with one attached hydrogen (secondary N) is 3. The fourth-order valence-electron chi connectivity index (χ4n) is 2.56. The lowest BCUT2D eigenvalue weighted by Crippen LogP contribution is -2.34. The number of amides is 1. The van der Waals surface area contributed by atoms with Crippen LogP contribution in [0, 0.1) is 24.0 Å². The Bertz CT molecular complexity index is 1060. The summed E-state index contributed by atoms with van der Waals surface area (Å²) in [5.74, 6) is -0.159. The molecule has 0 atom stereocenters. The Labute approximate surface area is 172 Å². The Kier molecular flexibility index (Phi) is 6.38. The average molecular weight is 408 g/mol. The second-order valence-electron chi connectivity index (χ2n) is 6.39. The number of rotatable bonds is 8. The highest BCUT2D eigenvalue weighted by atomic mass is 16.6. The maximum absolute atomic E-state index is 12.0. The van der Waals surface area contributed by atoms with Gasteiger partial charge in [0.25, 0.3) is 5.91 Å². The second-order valence-corrected chi connectivity index (χ2v) is 6.39. The van der Waals surface area contributed by atoms with Crippen molar-refractivity contribution in [1.82, 2.24) is 15.4 Å². The van der Waals surface area contributed by atoms with Crippen LogP contribution in [0.15, 0.2) is 54.9 Å². The molecule has 2 aromatic carbocycles. The van der Waals surface area contributed by atoms with Crippen LogP contribution in [0.4, 0.5) is 23.0 Å². The van der Waals surface area contributed by atoms with Crippen LogP contribution < -0.4 is 20.9 Å². The molecule has 30 heavy (non-hydrogen) atoms. The summed E-state index contributed by atoms with van der Waals surface area (Å²) in [5, 5.41) is 14.6. The monoisotopic (exact) mass is 408 g/mol. The van der Waals surface area contributed by atoms with Gasteiger partial charge >= 0.3 is 5.69 Å². The smallest absolute Gasteiger partial charge is 0.355 e. The molecule has 0 spiro atoms. The van der Waals surface area contributed by atoms with E-state index in [4.69, 9.17) is 4.74 Å². The van der Waals surface area contributed by atoms with E-state index in [1.165, 1.54) is 0 Å². The molecular formula is C20H20N6O4. The van der Waals surface area contributed by atoms with Crippen molar-refractivity contribution in [2.45, 2.75) is 13.8 Å². The summed E-state index contributed by atoms with van der Waals surface area (Å²) < 4.78 is 5.33. The number of hydrogen-bond donors (Lipinski definition) is 3. The molecule has 0 aliphatic carbocycles. The van der Waals surface area contributed by atoms with E-state index in [0.717, 1.165) is 17.5 Å². The summed E-state index contributed by atoms with van der Waals surface area (Å²) in [5.41, 5.74) is 6.98. The number of hydrogen-bond acceptors (Lipinski definition) is 8. The molecule has 3 aromatic rings. The van der Waals surface area contributed by atoms with E-state index >= 15 is 0 Å². The SMILES string of the molecule is Cc1ccc(C)c(Nc2ncnc(NNC(=O)COc3ccccc3)c2[N+](=O)[O-])c1. The van der Waals surface area contributed by atoms with E-state index in [1.807, 2.05) is 38.1 Å². The fourth-order valence-corrected chi connectivity index (χ4v) is 2.56. The summed E-state index contributed by atoms with van der Waals surface area (Å²) in [4.78, 5) is 30.9. The lowest BCUT2D eigenvalue weighted by atomic mass is 10.1. The van der Waals surface area contributed by atoms with Crippen LogP contribution in [-0.2, 0) is 4.79 Å². The van der Waals surface area contributed by atoms with E-state index in [9.17, 15) is 14.9 Å². The van der Waals surface area contributed by atoms with Gasteiger partial charge in [-0.3, -0.25) is 25.8 Å². The van der Waals surface area contributed by atoms with E-state index in [-0.39, 0.29) is 18.2 Å². The largest absolute Gasteiger partial charge is 0.484 e. The lowest BCUT2D eigenvalue weighted by Gasteiger charge is -2.13. The normalized spacial score (nSPS) is 10.2. The zero-order valence-corrected chi connectivity index (χ0v) is 16.4. The van der Waals surface area contributed by atoms with Gasteiger partial charge in [0, 0.05) is 5.69 Å². The molecule has 0 aliphatic rings. The van der Waals surface area contributed by atoms with Crippen molar-refractivity contribution >= 4 is 28.9 Å². The van der Waals surface area contributed by atoms with E-state index in [0.29, 0.717) is 11.4 Å². The summed E-state index contributed by atoms with van der Waals surface area (Å²) >= 11 is 0. The molecule has 1 amide bonds. The number of nitro groups is 1. The molecular weight excluding hydrogens is 388 g/mol. The first kappa shape index (κ1) is 20.5. The Morgan fingerprint density at radius 1 is 1.10 bits per heavy atom. The van der Waals surface area contributed by atoms with Gasteiger partial charge in [0.1, 0.15) is 12.1 Å². The highest BCUT2D eigenvalue weighted by Gasteiger charge is 2.24. The van der Waals surface area contributed by atoms with Crippen molar-refractivity contribution < 1.29 is 14.5 Å². The Morgan fingerprint density at radius 2 is 1.83 bits per heavy atom. The third-order valence-electron chi connectivity index (χ3n) is 4.08. The molecule has 0 bridgehead atoms. The second kappa shape index (κ2) is 9.32. The van der Waals surface area contributed by atoms with E-state index in [2.05, 4.69) is 26.1 Å². The number of hydrazine groups is 1. The highest BCUT2D eigenvalue weighted by Crippen LogP contribution is 2.31. The van der Waals surface area contributed by atoms with Crippen LogP contribution in [0.1, 0.15) is 11.1 Å². The van der Waals surface area contributed by atoms with Gasteiger partial charge in [-0.15, -0.1) is 0 Å². The summed E-state index contributed by atoms with van der Waals surface area (Å²) in [7, 11) is 0. The first-order chi connectivity index (χ1) is 14.4. The Morgan fingerprint density at radius 3 is 2.57 bits per heavy atom. The zero-order valence-electron chi connectivity index (χ0n) is 16.4. The quantitative estimate of drug-likeness (QED) is 0.382. The third-order valence-corrected chi connectivity index (χ3v) is 4.08. The molecule has 10 heteroatoms. The average Bonchev–Trinajstić information content (AvgIpc) is 2.74. The number of anilines is 3. The van der Waals surface area contributed by atoms with Gasteiger partial charge < -0.3 is 10.1 Å². The molecule has 154 valence electrons. The van der Waals surface area contributed by atoms with Gasteiger partial charge in [-0.2, -0.15) is 0 Å². The maximum Gasteiger partial charge on any atom is 0.355 e. The van der Waals surface area contributed by atoms with Crippen molar-refractivity contribution in [2.75, 3.05) is 17.3 Å². The van der Waals surface area contributed by atoms with Crippen LogP contribution in [0.5, 0.6) is 5.75 Å². The molecule has 0 aliphatic heterocycles. The van der Waals surface area contributed by atoms with Crippen LogP contribution >= 0.6 is 0 Å². The number of aromatic nitrogens is 2. The van der Waals surface area contributed by atoms with Crippen molar-refractivity contribution in [3.63, 3.8) is 0 Å². The molecule has 0 saturated carbocycles. The van der Waals surface area contributed by atoms with Crippen molar-refractivity contribution in [3.05, 3.63) is 76.1 Å². The predicted octanol–water partition coefficient (Wildman–Crippen LogP) is 3.27. The number of carbonyl (C=O) groups excluding carboxylic acids is 1. The minimum Gasteiger partial charge on any atom is -0.484 e. The maximum atomic E-state index is 12.0. The fraction of sp³-hybridized carbons (Fsp3) is 0.150. The van der Waals surface area contributed by atoms with Crippen LogP contribution in [-0.4, -0.2) is 27.4 Å². The van der Waals surface area contributed by atoms with Crippen molar-refractivity contribution in [1.29, 1.82) is 0 Å². The van der Waals surface area contributed by atoms with Gasteiger partial charge in [0.2, 0.25) is 11.6 Å². The van der Waals surface area contributed by atoms with Crippen LogP contribution in [0.25, 0.3) is 0 Å². The molecule has 0 saturated heterocycles. The lowest BCUT2D eigenvalue weighted by molar-refractivity contribution is -0.383.